The summed E-state index contributed by atoms with van der Waals surface area (Å²) in [7, 11) is 2.90. The Bertz CT molecular complexity index is 1200. The average Bonchev–Trinajstić information content (AvgIpc) is 2.67. The van der Waals surface area contributed by atoms with E-state index in [1.165, 1.54) is 18.7 Å². The molecule has 146 valence electrons. The molecule has 0 fully saturated rings. The predicted octanol–water partition coefficient (Wildman–Crippen LogP) is 1.96. The molecule has 0 aliphatic rings. The van der Waals surface area contributed by atoms with Gasteiger partial charge in [-0.2, -0.15) is 0 Å². The molecule has 28 heavy (non-hydrogen) atoms. The van der Waals surface area contributed by atoms with Crippen molar-refractivity contribution in [2.75, 3.05) is 0 Å². The number of aromatic nitrogens is 4. The number of hydrogen-bond acceptors (Lipinski definition) is 6. The molecule has 0 aliphatic heterocycles. The minimum atomic E-state index is -0.988. The van der Waals surface area contributed by atoms with E-state index in [1.54, 1.807) is 6.92 Å². The maximum atomic E-state index is 12.8. The van der Waals surface area contributed by atoms with E-state index in [1.807, 2.05) is 31.2 Å². The van der Waals surface area contributed by atoms with Gasteiger partial charge in [0.05, 0.1) is 0 Å². The highest BCUT2D eigenvalue weighted by Crippen LogP contribution is 2.30. The third-order valence-electron chi connectivity index (χ3n) is 4.44. The van der Waals surface area contributed by atoms with Crippen molar-refractivity contribution >= 4 is 28.8 Å². The van der Waals surface area contributed by atoms with Crippen molar-refractivity contribution in [2.45, 2.75) is 30.5 Å². The quantitative estimate of drug-likeness (QED) is 0.515. The summed E-state index contributed by atoms with van der Waals surface area (Å²) in [5, 5.41) is 9.08. The van der Waals surface area contributed by atoms with Gasteiger partial charge in [-0.3, -0.25) is 18.7 Å². The Balaban J connectivity index is 2.39. The third-order valence-corrected chi connectivity index (χ3v) is 5.78. The maximum Gasteiger partial charge on any atom is 0.332 e. The zero-order chi connectivity index (χ0) is 20.6. The van der Waals surface area contributed by atoms with E-state index in [-0.39, 0.29) is 16.1 Å². The number of aryl methyl sites for hydroxylation is 2. The van der Waals surface area contributed by atoms with Crippen LogP contribution in [0.25, 0.3) is 22.4 Å². The Morgan fingerprint density at radius 1 is 1.21 bits per heavy atom. The third kappa shape index (κ3) is 3.45. The van der Waals surface area contributed by atoms with Crippen LogP contribution in [0.2, 0.25) is 0 Å². The lowest BCUT2D eigenvalue weighted by atomic mass is 10.1. The molecule has 9 heteroatoms. The SMILES string of the molecule is CC[C@H](Sc1nc(-c2cccc(C)c2)nc2c1c(=O)n(C)c(=O)n2C)C(=O)O. The monoisotopic (exact) mass is 400 g/mol. The number of benzene rings is 1. The Morgan fingerprint density at radius 3 is 2.54 bits per heavy atom. The van der Waals surface area contributed by atoms with Crippen molar-refractivity contribution in [3.63, 3.8) is 0 Å². The number of aliphatic carboxylic acids is 1. The van der Waals surface area contributed by atoms with Crippen LogP contribution in [0.15, 0.2) is 38.9 Å². The van der Waals surface area contributed by atoms with E-state index in [9.17, 15) is 19.5 Å². The molecule has 3 aromatic rings. The van der Waals surface area contributed by atoms with Gasteiger partial charge in [-0.05, 0) is 19.4 Å². The van der Waals surface area contributed by atoms with E-state index < -0.39 is 22.5 Å². The summed E-state index contributed by atoms with van der Waals surface area (Å²) in [6.45, 7) is 3.69. The van der Waals surface area contributed by atoms with Crippen LogP contribution in [0.1, 0.15) is 18.9 Å². The first-order valence-corrected chi connectivity index (χ1v) is 9.56. The number of thioether (sulfide) groups is 1. The molecule has 0 radical (unpaired) electrons. The molecule has 2 heterocycles. The van der Waals surface area contributed by atoms with Crippen molar-refractivity contribution in [3.8, 4) is 11.4 Å². The Hall–Kier alpha value is -2.94. The lowest BCUT2D eigenvalue weighted by Gasteiger charge is -2.14. The van der Waals surface area contributed by atoms with Crippen molar-refractivity contribution < 1.29 is 9.90 Å². The number of fused-ring (bicyclic) bond motifs is 1. The average molecular weight is 400 g/mol. The van der Waals surface area contributed by atoms with Crippen molar-refractivity contribution in [1.29, 1.82) is 0 Å². The van der Waals surface area contributed by atoms with E-state index in [4.69, 9.17) is 0 Å². The second-order valence-corrected chi connectivity index (χ2v) is 7.67. The zero-order valence-corrected chi connectivity index (χ0v) is 16.8. The Morgan fingerprint density at radius 2 is 1.93 bits per heavy atom. The fourth-order valence-electron chi connectivity index (χ4n) is 2.87. The molecular formula is C19H20N4O4S. The van der Waals surface area contributed by atoms with Gasteiger partial charge in [0.15, 0.2) is 11.5 Å². The molecule has 0 bridgehead atoms. The molecule has 0 unspecified atom stereocenters. The summed E-state index contributed by atoms with van der Waals surface area (Å²) < 4.78 is 2.26. The highest BCUT2D eigenvalue weighted by Gasteiger charge is 2.23. The van der Waals surface area contributed by atoms with Gasteiger partial charge in [0.1, 0.15) is 15.7 Å². The van der Waals surface area contributed by atoms with Crippen LogP contribution in [0.5, 0.6) is 0 Å². The van der Waals surface area contributed by atoms with Crippen LogP contribution in [-0.2, 0) is 18.9 Å². The number of carbonyl (C=O) groups is 1. The molecule has 0 saturated carbocycles. The van der Waals surface area contributed by atoms with Crippen LogP contribution in [-0.4, -0.2) is 35.4 Å². The van der Waals surface area contributed by atoms with Crippen LogP contribution in [0.3, 0.4) is 0 Å². The molecule has 0 saturated heterocycles. The fraction of sp³-hybridized carbons (Fsp3) is 0.316. The highest BCUT2D eigenvalue weighted by atomic mass is 32.2. The Kier molecular flexibility index (Phi) is 5.37. The van der Waals surface area contributed by atoms with Gasteiger partial charge < -0.3 is 5.11 Å². The minimum Gasteiger partial charge on any atom is -0.480 e. The summed E-state index contributed by atoms with van der Waals surface area (Å²) >= 11 is 0.997. The first-order valence-electron chi connectivity index (χ1n) is 8.68. The molecule has 8 nitrogen and oxygen atoms in total. The van der Waals surface area contributed by atoms with Gasteiger partial charge in [-0.15, -0.1) is 0 Å². The Labute approximate surface area is 164 Å². The summed E-state index contributed by atoms with van der Waals surface area (Å²) in [4.78, 5) is 45.7. The normalized spacial score (nSPS) is 12.3. The maximum absolute atomic E-state index is 12.8. The molecule has 2 aromatic heterocycles. The number of hydrogen-bond donors (Lipinski definition) is 1. The minimum absolute atomic E-state index is 0.144. The number of carboxylic acid groups (broad SMARTS) is 1. The van der Waals surface area contributed by atoms with Gasteiger partial charge in [0.2, 0.25) is 0 Å². The second-order valence-electron chi connectivity index (χ2n) is 6.48. The van der Waals surface area contributed by atoms with Crippen molar-refractivity contribution in [1.82, 2.24) is 19.1 Å². The number of carboxylic acids is 1. The first kappa shape index (κ1) is 19.8. The van der Waals surface area contributed by atoms with Crippen LogP contribution < -0.4 is 11.2 Å². The zero-order valence-electron chi connectivity index (χ0n) is 16.0. The lowest BCUT2D eigenvalue weighted by molar-refractivity contribution is -0.136. The van der Waals surface area contributed by atoms with Crippen LogP contribution in [0, 0.1) is 6.92 Å². The van der Waals surface area contributed by atoms with E-state index >= 15 is 0 Å². The summed E-state index contributed by atoms with van der Waals surface area (Å²) in [6, 6.07) is 7.52. The molecule has 1 N–H and O–H groups in total. The van der Waals surface area contributed by atoms with Crippen LogP contribution >= 0.6 is 11.8 Å². The fourth-order valence-corrected chi connectivity index (χ4v) is 3.84. The standard InChI is InChI=1S/C19H20N4O4S/c1-5-12(18(25)26)28-16-13-15(22(3)19(27)23(4)17(13)24)20-14(21-16)11-8-6-7-10(2)9-11/h6-9,12H,5H2,1-4H3,(H,25,26)/t12-/m0/s1. The van der Waals surface area contributed by atoms with Gasteiger partial charge in [0.25, 0.3) is 5.56 Å². The predicted molar refractivity (Wildman–Crippen MR) is 108 cm³/mol. The lowest BCUT2D eigenvalue weighted by Crippen LogP contribution is -2.37. The highest BCUT2D eigenvalue weighted by molar-refractivity contribution is 8.00. The van der Waals surface area contributed by atoms with Gasteiger partial charge in [-0.25, -0.2) is 14.8 Å². The summed E-state index contributed by atoms with van der Waals surface area (Å²) in [5.41, 5.74) is 0.858. The summed E-state index contributed by atoms with van der Waals surface area (Å²) in [5.74, 6) is -0.653. The van der Waals surface area contributed by atoms with Gasteiger partial charge >= 0.3 is 11.7 Å². The van der Waals surface area contributed by atoms with E-state index in [0.717, 1.165) is 27.5 Å². The molecule has 0 amide bonds. The van der Waals surface area contributed by atoms with Crippen LogP contribution in [0.4, 0.5) is 0 Å². The van der Waals surface area contributed by atoms with E-state index in [2.05, 4.69) is 9.97 Å². The first-order chi connectivity index (χ1) is 13.2. The molecule has 0 aliphatic carbocycles. The molecule has 0 spiro atoms. The van der Waals surface area contributed by atoms with Gasteiger partial charge in [0, 0.05) is 19.7 Å². The van der Waals surface area contributed by atoms with E-state index in [0.29, 0.717) is 12.2 Å². The molecule has 1 aromatic carbocycles. The second kappa shape index (κ2) is 7.59. The largest absolute Gasteiger partial charge is 0.480 e. The molecule has 3 rings (SSSR count). The number of rotatable bonds is 5. The van der Waals surface area contributed by atoms with Crippen molar-refractivity contribution in [2.24, 2.45) is 14.1 Å². The summed E-state index contributed by atoms with van der Waals surface area (Å²) in [6.07, 6.45) is 0.358. The smallest absolute Gasteiger partial charge is 0.332 e. The molecular weight excluding hydrogens is 380 g/mol. The molecule has 1 atom stereocenters. The topological polar surface area (TPSA) is 107 Å². The van der Waals surface area contributed by atoms with Crippen molar-refractivity contribution in [3.05, 3.63) is 50.7 Å². The van der Waals surface area contributed by atoms with Gasteiger partial charge in [-0.1, -0.05) is 42.4 Å². The number of nitrogens with zero attached hydrogens (tertiary/aromatic N) is 4.